The van der Waals surface area contributed by atoms with Crippen molar-refractivity contribution in [2.24, 2.45) is 7.05 Å². The van der Waals surface area contributed by atoms with Crippen molar-refractivity contribution >= 4 is 38.8 Å². The van der Waals surface area contributed by atoms with Crippen molar-refractivity contribution in [1.82, 2.24) is 9.55 Å². The van der Waals surface area contributed by atoms with Crippen molar-refractivity contribution < 1.29 is 9.53 Å². The van der Waals surface area contributed by atoms with E-state index in [2.05, 4.69) is 25.1 Å². The number of methoxy groups -OCH3 is 1. The third-order valence-corrected chi connectivity index (χ3v) is 4.36. The Morgan fingerprint density at radius 2 is 1.91 bits per heavy atom. The molecule has 23 heavy (non-hydrogen) atoms. The molecule has 0 unspecified atom stereocenters. The van der Waals surface area contributed by atoms with Gasteiger partial charge >= 0.3 is 5.97 Å². The lowest BCUT2D eigenvalue weighted by Crippen LogP contribution is -2.06. The first-order valence-electron chi connectivity index (χ1n) is 7.47. The number of nitrogens with zero attached hydrogens (tertiary/aromatic N) is 2. The number of esters is 1. The van der Waals surface area contributed by atoms with E-state index in [0.717, 1.165) is 32.8 Å². The number of pyridine rings is 1. The van der Waals surface area contributed by atoms with Gasteiger partial charge in [-0.15, -0.1) is 0 Å². The van der Waals surface area contributed by atoms with Gasteiger partial charge in [-0.3, -0.25) is 0 Å². The Labute approximate surface area is 133 Å². The van der Waals surface area contributed by atoms with E-state index < -0.39 is 0 Å². The molecule has 0 spiro atoms. The number of aryl methyl sites for hydroxylation is 2. The molecule has 4 nitrogen and oxygen atoms in total. The molecule has 4 heteroatoms. The number of ether oxygens (including phenoxy) is 1. The van der Waals surface area contributed by atoms with Crippen LogP contribution in [0, 0.1) is 6.92 Å². The van der Waals surface area contributed by atoms with Gasteiger partial charge in [-0.25, -0.2) is 9.78 Å². The van der Waals surface area contributed by atoms with Crippen LogP contribution < -0.4 is 0 Å². The number of hydrogen-bond acceptors (Lipinski definition) is 3. The average Bonchev–Trinajstić information content (AvgIpc) is 2.84. The van der Waals surface area contributed by atoms with Crippen molar-refractivity contribution in [3.8, 4) is 0 Å². The zero-order valence-electron chi connectivity index (χ0n) is 13.3. The third-order valence-electron chi connectivity index (χ3n) is 4.36. The van der Waals surface area contributed by atoms with E-state index in [1.807, 2.05) is 35.9 Å². The Bertz CT molecular complexity index is 1090. The summed E-state index contributed by atoms with van der Waals surface area (Å²) in [6.07, 6.45) is 0. The molecule has 4 aromatic rings. The lowest BCUT2D eigenvalue weighted by molar-refractivity contribution is 0.0604. The van der Waals surface area contributed by atoms with Crippen LogP contribution >= 0.6 is 0 Å². The molecule has 2 heterocycles. The molecule has 0 saturated heterocycles. The lowest BCUT2D eigenvalue weighted by atomic mass is 10.1. The number of carbonyl (C=O) groups is 1. The summed E-state index contributed by atoms with van der Waals surface area (Å²) in [5, 5.41) is 1.86. The molecule has 0 saturated carbocycles. The maximum Gasteiger partial charge on any atom is 0.340 e. The topological polar surface area (TPSA) is 44.1 Å². The van der Waals surface area contributed by atoms with Crippen LogP contribution in [0.2, 0.25) is 0 Å². The van der Waals surface area contributed by atoms with Gasteiger partial charge in [0.1, 0.15) is 0 Å². The highest BCUT2D eigenvalue weighted by Gasteiger charge is 2.21. The first-order chi connectivity index (χ1) is 11.1. The van der Waals surface area contributed by atoms with Crippen LogP contribution in [0.3, 0.4) is 0 Å². The van der Waals surface area contributed by atoms with E-state index >= 15 is 0 Å². The van der Waals surface area contributed by atoms with Gasteiger partial charge in [0.2, 0.25) is 0 Å². The van der Waals surface area contributed by atoms with Crippen molar-refractivity contribution in [1.29, 1.82) is 0 Å². The van der Waals surface area contributed by atoms with E-state index in [1.54, 1.807) is 0 Å². The molecule has 0 bridgehead atoms. The van der Waals surface area contributed by atoms with Gasteiger partial charge in [0.25, 0.3) is 0 Å². The largest absolute Gasteiger partial charge is 0.465 e. The number of hydrogen-bond donors (Lipinski definition) is 0. The van der Waals surface area contributed by atoms with Gasteiger partial charge < -0.3 is 9.30 Å². The highest BCUT2D eigenvalue weighted by atomic mass is 16.5. The Morgan fingerprint density at radius 1 is 1.13 bits per heavy atom. The van der Waals surface area contributed by atoms with Crippen LogP contribution in [0.25, 0.3) is 32.8 Å². The molecule has 2 aromatic carbocycles. The molecule has 0 aliphatic rings. The van der Waals surface area contributed by atoms with Crippen LogP contribution in [-0.4, -0.2) is 22.6 Å². The fourth-order valence-electron chi connectivity index (χ4n) is 3.26. The van der Waals surface area contributed by atoms with Crippen molar-refractivity contribution in [3.63, 3.8) is 0 Å². The second kappa shape index (κ2) is 4.81. The minimum Gasteiger partial charge on any atom is -0.465 e. The normalized spacial score (nSPS) is 11.4. The summed E-state index contributed by atoms with van der Waals surface area (Å²) in [6.45, 7) is 2.06. The van der Waals surface area contributed by atoms with Gasteiger partial charge in [-0.2, -0.15) is 0 Å². The van der Waals surface area contributed by atoms with Crippen molar-refractivity contribution in [3.05, 3.63) is 53.6 Å². The first kappa shape index (κ1) is 13.8. The maximum absolute atomic E-state index is 12.5. The smallest absolute Gasteiger partial charge is 0.340 e. The first-order valence-corrected chi connectivity index (χ1v) is 7.47. The van der Waals surface area contributed by atoms with E-state index in [0.29, 0.717) is 5.56 Å². The summed E-state index contributed by atoms with van der Waals surface area (Å²) in [7, 11) is 3.38. The maximum atomic E-state index is 12.5. The Morgan fingerprint density at radius 3 is 2.70 bits per heavy atom. The number of para-hydroxylation sites is 1. The molecule has 0 atom stereocenters. The van der Waals surface area contributed by atoms with Gasteiger partial charge in [0.05, 0.1) is 34.7 Å². The van der Waals surface area contributed by atoms with Crippen molar-refractivity contribution in [2.45, 2.75) is 6.92 Å². The van der Waals surface area contributed by atoms with Gasteiger partial charge in [0.15, 0.2) is 0 Å². The van der Waals surface area contributed by atoms with E-state index in [9.17, 15) is 4.79 Å². The predicted octanol–water partition coefficient (Wildman–Crippen LogP) is 3.97. The predicted molar refractivity (Wildman–Crippen MR) is 91.8 cm³/mol. The highest BCUT2D eigenvalue weighted by molar-refractivity contribution is 6.19. The molecule has 0 amide bonds. The van der Waals surface area contributed by atoms with Crippen LogP contribution in [0.4, 0.5) is 0 Å². The molecule has 4 rings (SSSR count). The summed E-state index contributed by atoms with van der Waals surface area (Å²) >= 11 is 0. The van der Waals surface area contributed by atoms with Crippen molar-refractivity contribution in [2.75, 3.05) is 7.11 Å². The summed E-state index contributed by atoms with van der Waals surface area (Å²) < 4.78 is 7.08. The minimum atomic E-state index is -0.337. The van der Waals surface area contributed by atoms with Crippen LogP contribution in [0.1, 0.15) is 15.9 Å². The van der Waals surface area contributed by atoms with Crippen LogP contribution in [0.5, 0.6) is 0 Å². The summed E-state index contributed by atoms with van der Waals surface area (Å²) in [5.74, 6) is -0.337. The number of aromatic nitrogens is 2. The van der Waals surface area contributed by atoms with Crippen LogP contribution in [-0.2, 0) is 11.8 Å². The number of carbonyl (C=O) groups excluding carboxylic acids is 1. The second-order valence-corrected chi connectivity index (χ2v) is 5.77. The minimum absolute atomic E-state index is 0.337. The number of rotatable bonds is 1. The molecule has 0 aliphatic heterocycles. The Kier molecular flexibility index (Phi) is 2.88. The average molecular weight is 304 g/mol. The van der Waals surface area contributed by atoms with Crippen LogP contribution in [0.15, 0.2) is 42.5 Å². The Balaban J connectivity index is 2.32. The SMILES string of the molecule is COC(=O)c1c2ccccc2nc2c3ccc(C)cc3n(C)c12. The third kappa shape index (κ3) is 1.84. The summed E-state index contributed by atoms with van der Waals surface area (Å²) in [5.41, 5.74) is 5.26. The standard InChI is InChI=1S/C19H16N2O2/c1-11-8-9-13-15(10-11)21(2)18-16(19(22)23-3)12-6-4-5-7-14(12)20-17(13)18/h4-10H,1-3H3. The molecule has 0 N–H and O–H groups in total. The Hall–Kier alpha value is -2.88. The highest BCUT2D eigenvalue weighted by Crippen LogP contribution is 2.33. The molecular formula is C19H16N2O2. The van der Waals surface area contributed by atoms with E-state index in [4.69, 9.17) is 9.72 Å². The summed E-state index contributed by atoms with van der Waals surface area (Å²) in [4.78, 5) is 17.3. The molecule has 2 aromatic heterocycles. The molecule has 0 fully saturated rings. The fourth-order valence-corrected chi connectivity index (χ4v) is 3.26. The summed E-state index contributed by atoms with van der Waals surface area (Å²) in [6, 6.07) is 13.9. The van der Waals surface area contributed by atoms with Gasteiger partial charge in [0, 0.05) is 17.8 Å². The molecule has 0 aliphatic carbocycles. The van der Waals surface area contributed by atoms with E-state index in [-0.39, 0.29) is 5.97 Å². The molecule has 114 valence electrons. The molecular weight excluding hydrogens is 288 g/mol. The van der Waals surface area contributed by atoms with E-state index in [1.165, 1.54) is 12.7 Å². The molecule has 0 radical (unpaired) electrons. The number of benzene rings is 2. The van der Waals surface area contributed by atoms with Gasteiger partial charge in [-0.1, -0.05) is 30.3 Å². The monoisotopic (exact) mass is 304 g/mol. The van der Waals surface area contributed by atoms with Gasteiger partial charge in [-0.05, 0) is 24.6 Å². The lowest BCUT2D eigenvalue weighted by Gasteiger charge is -2.08. The zero-order valence-corrected chi connectivity index (χ0v) is 13.3. The fraction of sp³-hybridized carbons (Fsp3) is 0.158. The quantitative estimate of drug-likeness (QED) is 0.500. The number of fused-ring (bicyclic) bond motifs is 4. The zero-order chi connectivity index (χ0) is 16.1. The second-order valence-electron chi connectivity index (χ2n) is 5.77.